The first-order valence-corrected chi connectivity index (χ1v) is 11.1. The molecule has 10 heteroatoms. The Hall–Kier alpha value is -3.79. The highest BCUT2D eigenvalue weighted by Gasteiger charge is 2.17. The van der Waals surface area contributed by atoms with Gasteiger partial charge < -0.3 is 24.5 Å². The third-order valence-corrected chi connectivity index (χ3v) is 5.88. The van der Waals surface area contributed by atoms with Crippen LogP contribution in [0.1, 0.15) is 17.3 Å². The third kappa shape index (κ3) is 4.56. The Bertz CT molecular complexity index is 1340. The number of nitrogens with one attached hydrogen (secondary N) is 2. The lowest BCUT2D eigenvalue weighted by atomic mass is 10.2. The highest BCUT2D eigenvalue weighted by atomic mass is 32.2. The number of anilines is 1. The van der Waals surface area contributed by atoms with Gasteiger partial charge in [-0.3, -0.25) is 4.79 Å². The molecule has 4 aromatic rings. The fourth-order valence-electron chi connectivity index (χ4n) is 3.41. The van der Waals surface area contributed by atoms with Crippen LogP contribution in [0.25, 0.3) is 21.9 Å². The van der Waals surface area contributed by atoms with Crippen molar-refractivity contribution in [2.45, 2.75) is 11.9 Å². The van der Waals surface area contributed by atoms with E-state index in [-0.39, 0.29) is 18.3 Å². The van der Waals surface area contributed by atoms with Crippen molar-refractivity contribution in [3.8, 4) is 11.5 Å². The SMILES string of the molecule is CCOC(=O)c1ccccc1NC(=O)CSc1ncnc2c1[nH]c1cc(OC)c(OC)cc12. The molecule has 2 N–H and O–H groups in total. The number of fused-ring (bicyclic) bond motifs is 3. The van der Waals surface area contributed by atoms with Gasteiger partial charge in [0.25, 0.3) is 0 Å². The van der Waals surface area contributed by atoms with E-state index in [1.165, 1.54) is 18.1 Å². The predicted octanol–water partition coefficient (Wildman–Crippen LogP) is 4.04. The molecule has 0 saturated carbocycles. The molecule has 2 aromatic carbocycles. The number of methoxy groups -OCH3 is 2. The topological polar surface area (TPSA) is 115 Å². The van der Waals surface area contributed by atoms with Gasteiger partial charge in [0.1, 0.15) is 16.9 Å². The minimum absolute atomic E-state index is 0.0886. The number of ether oxygens (including phenoxy) is 3. The Morgan fingerprint density at radius 2 is 1.85 bits per heavy atom. The van der Waals surface area contributed by atoms with Gasteiger partial charge in [0.05, 0.1) is 48.9 Å². The molecule has 0 saturated heterocycles. The standard InChI is InChI=1S/C23H22N4O5S/c1-4-32-23(29)13-7-5-6-8-15(13)26-19(28)11-33-22-21-20(24-12-25-22)14-9-17(30-2)18(31-3)10-16(14)27-21/h5-10,12,27H,4,11H2,1-3H3,(H,26,28). The maximum absolute atomic E-state index is 12.6. The van der Waals surface area contributed by atoms with Crippen LogP contribution in [0, 0.1) is 0 Å². The maximum Gasteiger partial charge on any atom is 0.340 e. The highest BCUT2D eigenvalue weighted by molar-refractivity contribution is 8.00. The second-order valence-electron chi connectivity index (χ2n) is 6.88. The summed E-state index contributed by atoms with van der Waals surface area (Å²) in [6.45, 7) is 1.98. The van der Waals surface area contributed by atoms with Crippen LogP contribution in [0.2, 0.25) is 0 Å². The summed E-state index contributed by atoms with van der Waals surface area (Å²) in [6, 6.07) is 10.4. The number of benzene rings is 2. The van der Waals surface area contributed by atoms with Crippen LogP contribution in [0.15, 0.2) is 47.8 Å². The van der Waals surface area contributed by atoms with Crippen molar-refractivity contribution >= 4 is 51.3 Å². The fraction of sp³-hybridized carbons (Fsp3) is 0.217. The number of rotatable bonds is 8. The lowest BCUT2D eigenvalue weighted by Gasteiger charge is -2.10. The van der Waals surface area contributed by atoms with Crippen LogP contribution in [0.4, 0.5) is 5.69 Å². The Labute approximate surface area is 193 Å². The summed E-state index contributed by atoms with van der Waals surface area (Å²) in [4.78, 5) is 36.8. The van der Waals surface area contributed by atoms with Gasteiger partial charge >= 0.3 is 5.97 Å². The first-order valence-electron chi connectivity index (χ1n) is 10.1. The Morgan fingerprint density at radius 1 is 1.09 bits per heavy atom. The van der Waals surface area contributed by atoms with E-state index in [0.29, 0.717) is 33.3 Å². The molecule has 0 aliphatic carbocycles. The van der Waals surface area contributed by atoms with Crippen LogP contribution in [0.5, 0.6) is 11.5 Å². The molecule has 0 unspecified atom stereocenters. The highest BCUT2D eigenvalue weighted by Crippen LogP contribution is 2.36. The van der Waals surface area contributed by atoms with E-state index in [1.54, 1.807) is 45.4 Å². The number of H-pyrrole nitrogens is 1. The minimum Gasteiger partial charge on any atom is -0.493 e. The zero-order valence-corrected chi connectivity index (χ0v) is 19.1. The summed E-state index contributed by atoms with van der Waals surface area (Å²) in [5.41, 5.74) is 2.96. The number of carbonyl (C=O) groups is 2. The molecule has 0 radical (unpaired) electrons. The summed E-state index contributed by atoms with van der Waals surface area (Å²) in [5.74, 6) is 0.521. The third-order valence-electron chi connectivity index (χ3n) is 4.89. The molecule has 0 atom stereocenters. The summed E-state index contributed by atoms with van der Waals surface area (Å²) in [6.07, 6.45) is 1.46. The summed E-state index contributed by atoms with van der Waals surface area (Å²) in [5, 5.41) is 4.27. The minimum atomic E-state index is -0.484. The second-order valence-corrected chi connectivity index (χ2v) is 7.85. The molecule has 0 spiro atoms. The van der Waals surface area contributed by atoms with Gasteiger partial charge in [-0.1, -0.05) is 23.9 Å². The molecule has 170 valence electrons. The number of para-hydroxylation sites is 1. The van der Waals surface area contributed by atoms with Gasteiger partial charge in [-0.25, -0.2) is 14.8 Å². The van der Waals surface area contributed by atoms with Crippen LogP contribution in [-0.2, 0) is 9.53 Å². The maximum atomic E-state index is 12.6. The van der Waals surface area contributed by atoms with Gasteiger partial charge in [-0.2, -0.15) is 0 Å². The molecule has 33 heavy (non-hydrogen) atoms. The van der Waals surface area contributed by atoms with Gasteiger partial charge in [-0.05, 0) is 25.1 Å². The Balaban J connectivity index is 1.55. The first kappa shape index (κ1) is 22.4. The zero-order valence-electron chi connectivity index (χ0n) is 18.3. The summed E-state index contributed by atoms with van der Waals surface area (Å²) < 4.78 is 15.8. The summed E-state index contributed by atoms with van der Waals surface area (Å²) in [7, 11) is 3.15. The van der Waals surface area contributed by atoms with Gasteiger partial charge in [-0.15, -0.1) is 0 Å². The van der Waals surface area contributed by atoms with E-state index in [0.717, 1.165) is 16.4 Å². The van der Waals surface area contributed by atoms with Crippen molar-refractivity contribution < 1.29 is 23.8 Å². The molecule has 9 nitrogen and oxygen atoms in total. The lowest BCUT2D eigenvalue weighted by Crippen LogP contribution is -2.17. The molecule has 0 aliphatic heterocycles. The quantitative estimate of drug-likeness (QED) is 0.227. The molecule has 4 rings (SSSR count). The number of esters is 1. The number of thioether (sulfide) groups is 1. The number of aromatic nitrogens is 3. The smallest absolute Gasteiger partial charge is 0.340 e. The van der Waals surface area contributed by atoms with Crippen molar-refractivity contribution in [2.24, 2.45) is 0 Å². The van der Waals surface area contributed by atoms with Crippen LogP contribution >= 0.6 is 11.8 Å². The van der Waals surface area contributed by atoms with Gasteiger partial charge in [0, 0.05) is 11.5 Å². The van der Waals surface area contributed by atoms with Crippen molar-refractivity contribution in [2.75, 3.05) is 31.9 Å². The van der Waals surface area contributed by atoms with E-state index in [2.05, 4.69) is 20.3 Å². The average Bonchev–Trinajstić information content (AvgIpc) is 3.20. The number of hydrogen-bond acceptors (Lipinski definition) is 8. The normalized spacial score (nSPS) is 10.9. The van der Waals surface area contributed by atoms with Crippen molar-refractivity contribution in [3.63, 3.8) is 0 Å². The van der Waals surface area contributed by atoms with Crippen LogP contribution < -0.4 is 14.8 Å². The van der Waals surface area contributed by atoms with Crippen LogP contribution in [0.3, 0.4) is 0 Å². The van der Waals surface area contributed by atoms with Crippen LogP contribution in [-0.4, -0.2) is 53.4 Å². The molecule has 0 bridgehead atoms. The van der Waals surface area contributed by atoms with E-state index in [9.17, 15) is 9.59 Å². The Kier molecular flexibility index (Phi) is 6.64. The number of nitrogens with zero attached hydrogens (tertiary/aromatic N) is 2. The second kappa shape index (κ2) is 9.78. The van der Waals surface area contributed by atoms with Crippen molar-refractivity contribution in [3.05, 3.63) is 48.3 Å². The molecule has 0 aliphatic rings. The average molecular weight is 467 g/mol. The van der Waals surface area contributed by atoms with E-state index >= 15 is 0 Å². The molecule has 2 heterocycles. The summed E-state index contributed by atoms with van der Waals surface area (Å²) >= 11 is 1.26. The van der Waals surface area contributed by atoms with E-state index in [1.807, 2.05) is 12.1 Å². The number of amides is 1. The first-order chi connectivity index (χ1) is 16.0. The lowest BCUT2D eigenvalue weighted by molar-refractivity contribution is -0.113. The van der Waals surface area contributed by atoms with E-state index in [4.69, 9.17) is 14.2 Å². The fourth-order valence-corrected chi connectivity index (χ4v) is 4.16. The van der Waals surface area contributed by atoms with Gasteiger partial charge in [0.15, 0.2) is 11.5 Å². The number of hydrogen-bond donors (Lipinski definition) is 2. The Morgan fingerprint density at radius 3 is 2.61 bits per heavy atom. The number of aromatic amines is 1. The largest absolute Gasteiger partial charge is 0.493 e. The molecule has 2 aromatic heterocycles. The van der Waals surface area contributed by atoms with Crippen molar-refractivity contribution in [1.82, 2.24) is 15.0 Å². The predicted molar refractivity (Wildman–Crippen MR) is 126 cm³/mol. The zero-order chi connectivity index (χ0) is 23.4. The molecule has 0 fully saturated rings. The number of carbonyl (C=O) groups excluding carboxylic acids is 2. The monoisotopic (exact) mass is 466 g/mol. The van der Waals surface area contributed by atoms with Gasteiger partial charge in [0.2, 0.25) is 5.91 Å². The van der Waals surface area contributed by atoms with E-state index < -0.39 is 5.97 Å². The molecular formula is C23H22N4O5S. The molecule has 1 amide bonds. The molecular weight excluding hydrogens is 444 g/mol. The van der Waals surface area contributed by atoms with Crippen molar-refractivity contribution in [1.29, 1.82) is 0 Å².